The number of benzene rings is 1. The second-order valence-electron chi connectivity index (χ2n) is 5.76. The molecule has 1 heterocycles. The van der Waals surface area contributed by atoms with Gasteiger partial charge in [-0.3, -0.25) is 9.36 Å². The molecule has 0 saturated carbocycles. The van der Waals surface area contributed by atoms with Gasteiger partial charge < -0.3 is 9.72 Å². The highest BCUT2D eigenvalue weighted by Crippen LogP contribution is 2.20. The smallest absolute Gasteiger partial charge is 0.328 e. The van der Waals surface area contributed by atoms with Crippen LogP contribution in [-0.2, 0) is 6.54 Å². The van der Waals surface area contributed by atoms with Crippen LogP contribution in [0.3, 0.4) is 0 Å². The van der Waals surface area contributed by atoms with Crippen LogP contribution in [0.25, 0.3) is 10.9 Å². The lowest BCUT2D eigenvalue weighted by molar-refractivity contribution is 0.331. The Morgan fingerprint density at radius 1 is 1.26 bits per heavy atom. The monoisotopic (exact) mass is 262 g/mol. The molecule has 0 aliphatic rings. The highest BCUT2D eigenvalue weighted by Gasteiger charge is 2.17. The highest BCUT2D eigenvalue weighted by atomic mass is 16.5. The van der Waals surface area contributed by atoms with E-state index in [1.54, 1.807) is 18.2 Å². The molecule has 0 spiro atoms. The molecule has 0 aliphatic heterocycles. The summed E-state index contributed by atoms with van der Waals surface area (Å²) in [5.74, 6) is 0.474. The fourth-order valence-corrected chi connectivity index (χ4v) is 2.05. The zero-order valence-corrected chi connectivity index (χ0v) is 11.6. The van der Waals surface area contributed by atoms with Crippen LogP contribution in [0.5, 0.6) is 5.75 Å². The van der Waals surface area contributed by atoms with E-state index in [-0.39, 0.29) is 16.7 Å². The maximum absolute atomic E-state index is 12.5. The lowest BCUT2D eigenvalue weighted by Crippen LogP contribution is -2.38. The van der Waals surface area contributed by atoms with Crippen LogP contribution in [0.2, 0.25) is 0 Å². The largest absolute Gasteiger partial charge is 0.496 e. The zero-order chi connectivity index (χ0) is 14.2. The molecule has 19 heavy (non-hydrogen) atoms. The molecule has 0 fully saturated rings. The molecule has 2 aromatic rings. The number of aromatic nitrogens is 2. The molecule has 0 bridgehead atoms. The van der Waals surface area contributed by atoms with Crippen molar-refractivity contribution in [1.82, 2.24) is 9.55 Å². The molecule has 2 rings (SSSR count). The molecule has 0 unspecified atom stereocenters. The number of hydrogen-bond acceptors (Lipinski definition) is 3. The van der Waals surface area contributed by atoms with E-state index in [1.807, 2.05) is 20.8 Å². The molecule has 5 heteroatoms. The average molecular weight is 262 g/mol. The van der Waals surface area contributed by atoms with Crippen molar-refractivity contribution in [1.29, 1.82) is 0 Å². The van der Waals surface area contributed by atoms with Crippen molar-refractivity contribution in [2.75, 3.05) is 7.11 Å². The minimum Gasteiger partial charge on any atom is -0.496 e. The Morgan fingerprint density at radius 3 is 2.53 bits per heavy atom. The van der Waals surface area contributed by atoms with Gasteiger partial charge in [0.05, 0.1) is 12.6 Å². The van der Waals surface area contributed by atoms with Gasteiger partial charge in [0.25, 0.3) is 5.56 Å². The van der Waals surface area contributed by atoms with Crippen molar-refractivity contribution in [2.24, 2.45) is 5.41 Å². The molecular weight excluding hydrogens is 244 g/mol. The molecule has 1 aromatic carbocycles. The first-order chi connectivity index (χ1) is 8.83. The van der Waals surface area contributed by atoms with Gasteiger partial charge in [0, 0.05) is 6.54 Å². The second-order valence-corrected chi connectivity index (χ2v) is 5.76. The molecule has 102 valence electrons. The lowest BCUT2D eigenvalue weighted by Gasteiger charge is -2.19. The molecule has 0 radical (unpaired) electrons. The van der Waals surface area contributed by atoms with Crippen molar-refractivity contribution >= 4 is 10.9 Å². The van der Waals surface area contributed by atoms with Crippen LogP contribution in [0, 0.1) is 5.41 Å². The number of aromatic amines is 1. The van der Waals surface area contributed by atoms with Crippen LogP contribution >= 0.6 is 0 Å². The van der Waals surface area contributed by atoms with Gasteiger partial charge in [0.15, 0.2) is 0 Å². The summed E-state index contributed by atoms with van der Waals surface area (Å²) in [5, 5.41) is 0.411. The molecular formula is C14H18N2O3. The topological polar surface area (TPSA) is 64.1 Å². The fourth-order valence-electron chi connectivity index (χ4n) is 2.05. The van der Waals surface area contributed by atoms with Gasteiger partial charge >= 0.3 is 5.69 Å². The van der Waals surface area contributed by atoms with E-state index in [9.17, 15) is 9.59 Å². The third kappa shape index (κ3) is 2.54. The quantitative estimate of drug-likeness (QED) is 0.896. The number of rotatable bonds is 2. The molecule has 1 N–H and O–H groups in total. The summed E-state index contributed by atoms with van der Waals surface area (Å²) < 4.78 is 6.42. The molecule has 0 saturated heterocycles. The van der Waals surface area contributed by atoms with E-state index in [1.165, 1.54) is 11.7 Å². The zero-order valence-electron chi connectivity index (χ0n) is 11.6. The fraction of sp³-hybridized carbons (Fsp3) is 0.429. The predicted octanol–water partition coefficient (Wildman–Crippen LogP) is 1.74. The Kier molecular flexibility index (Phi) is 3.22. The molecule has 5 nitrogen and oxygen atoms in total. The lowest BCUT2D eigenvalue weighted by atomic mass is 9.97. The van der Waals surface area contributed by atoms with Gasteiger partial charge in [0.2, 0.25) is 0 Å². The van der Waals surface area contributed by atoms with Crippen molar-refractivity contribution in [3.05, 3.63) is 39.0 Å². The molecule has 1 aromatic heterocycles. The number of ether oxygens (including phenoxy) is 1. The average Bonchev–Trinajstić information content (AvgIpc) is 2.32. The van der Waals surface area contributed by atoms with Gasteiger partial charge in [-0.05, 0) is 17.5 Å². The molecule has 0 amide bonds. The van der Waals surface area contributed by atoms with E-state index in [4.69, 9.17) is 4.74 Å². The number of nitrogens with zero attached hydrogens (tertiary/aromatic N) is 1. The van der Waals surface area contributed by atoms with Crippen molar-refractivity contribution in [3.8, 4) is 5.75 Å². The Morgan fingerprint density at radius 2 is 1.95 bits per heavy atom. The number of fused-ring (bicyclic) bond motifs is 1. The minimum absolute atomic E-state index is 0.160. The van der Waals surface area contributed by atoms with E-state index in [2.05, 4.69) is 4.98 Å². The summed E-state index contributed by atoms with van der Waals surface area (Å²) in [7, 11) is 1.51. The van der Waals surface area contributed by atoms with Crippen LogP contribution in [-0.4, -0.2) is 16.7 Å². The number of hydrogen-bond donors (Lipinski definition) is 1. The second kappa shape index (κ2) is 4.57. The molecule has 0 aliphatic carbocycles. The SMILES string of the molecule is COc1cccc2[nH]c(=O)n(CC(C)(C)C)c(=O)c12. The number of nitrogens with one attached hydrogen (secondary N) is 1. The van der Waals surface area contributed by atoms with Crippen LogP contribution in [0.1, 0.15) is 20.8 Å². The first-order valence-corrected chi connectivity index (χ1v) is 6.13. The molecule has 0 atom stereocenters. The summed E-state index contributed by atoms with van der Waals surface area (Å²) in [4.78, 5) is 27.2. The van der Waals surface area contributed by atoms with E-state index in [0.717, 1.165) is 0 Å². The Labute approximate surface area is 110 Å². The summed E-state index contributed by atoms with van der Waals surface area (Å²) in [6, 6.07) is 5.15. The van der Waals surface area contributed by atoms with Crippen molar-refractivity contribution in [3.63, 3.8) is 0 Å². The van der Waals surface area contributed by atoms with E-state index >= 15 is 0 Å². The Hall–Kier alpha value is -2.04. The van der Waals surface area contributed by atoms with Crippen LogP contribution in [0.4, 0.5) is 0 Å². The van der Waals surface area contributed by atoms with E-state index < -0.39 is 0 Å². The maximum atomic E-state index is 12.5. The first kappa shape index (κ1) is 13.4. The van der Waals surface area contributed by atoms with Gasteiger partial charge in [-0.15, -0.1) is 0 Å². The summed E-state index contributed by atoms with van der Waals surface area (Å²) >= 11 is 0. The first-order valence-electron chi connectivity index (χ1n) is 6.13. The minimum atomic E-state index is -0.388. The van der Waals surface area contributed by atoms with Gasteiger partial charge in [-0.2, -0.15) is 0 Å². The number of methoxy groups -OCH3 is 1. The highest BCUT2D eigenvalue weighted by molar-refractivity contribution is 5.83. The van der Waals surface area contributed by atoms with Crippen molar-refractivity contribution in [2.45, 2.75) is 27.3 Å². The summed E-state index contributed by atoms with van der Waals surface area (Å²) in [6.07, 6.45) is 0. The third-order valence-electron chi connectivity index (χ3n) is 2.82. The standard InChI is InChI=1S/C14H18N2O3/c1-14(2,3)8-16-12(17)11-9(15-13(16)18)6-5-7-10(11)19-4/h5-7H,8H2,1-4H3,(H,15,18). The Balaban J connectivity index is 2.81. The third-order valence-corrected chi connectivity index (χ3v) is 2.82. The maximum Gasteiger partial charge on any atom is 0.328 e. The van der Waals surface area contributed by atoms with E-state index in [0.29, 0.717) is 23.2 Å². The summed E-state index contributed by atoms with van der Waals surface area (Å²) in [5.41, 5.74) is -0.363. The summed E-state index contributed by atoms with van der Waals surface area (Å²) in [6.45, 7) is 6.29. The Bertz CT molecular complexity index is 720. The van der Waals surface area contributed by atoms with Crippen LogP contribution in [0.15, 0.2) is 27.8 Å². The van der Waals surface area contributed by atoms with Gasteiger partial charge in [0.1, 0.15) is 11.1 Å². The predicted molar refractivity (Wildman–Crippen MR) is 74.8 cm³/mol. The van der Waals surface area contributed by atoms with Crippen molar-refractivity contribution < 1.29 is 4.74 Å². The van der Waals surface area contributed by atoms with Crippen LogP contribution < -0.4 is 16.0 Å². The normalized spacial score (nSPS) is 11.8. The van der Waals surface area contributed by atoms with Gasteiger partial charge in [-0.25, -0.2) is 4.79 Å². The number of H-pyrrole nitrogens is 1. The van der Waals surface area contributed by atoms with Gasteiger partial charge in [-0.1, -0.05) is 26.8 Å².